The number of nitrogens with one attached hydrogen (secondary N) is 1. The van der Waals surface area contributed by atoms with Gasteiger partial charge in [-0.25, -0.2) is 9.37 Å². The van der Waals surface area contributed by atoms with Gasteiger partial charge in [0.05, 0.1) is 16.2 Å². The van der Waals surface area contributed by atoms with Crippen LogP contribution in [-0.2, 0) is 11.8 Å². The Morgan fingerprint density at radius 1 is 1.44 bits per heavy atom. The summed E-state index contributed by atoms with van der Waals surface area (Å²) in [6.45, 7) is 1.92. The standard InChI is InChI=1S/C16H13ClFN3O2S2/c1-8-5-10-14(25-8)20-16(21(2)15(10)23)24-7-13(22)19-9-3-4-12(18)11(17)6-9/h3-6H,7H2,1-2H3,(H,19,22). The van der Waals surface area contributed by atoms with Gasteiger partial charge < -0.3 is 5.32 Å². The molecule has 0 spiro atoms. The van der Waals surface area contributed by atoms with Gasteiger partial charge in [0.15, 0.2) is 5.16 Å². The monoisotopic (exact) mass is 397 g/mol. The average molecular weight is 398 g/mol. The second-order valence-corrected chi connectivity index (χ2v) is 7.88. The Hall–Kier alpha value is -1.90. The first kappa shape index (κ1) is 17.9. The summed E-state index contributed by atoms with van der Waals surface area (Å²) in [5, 5.41) is 3.62. The van der Waals surface area contributed by atoms with Crippen molar-refractivity contribution in [3.63, 3.8) is 0 Å². The zero-order chi connectivity index (χ0) is 18.1. The number of aryl methyl sites for hydroxylation is 1. The molecule has 0 aliphatic carbocycles. The summed E-state index contributed by atoms with van der Waals surface area (Å²) < 4.78 is 14.6. The lowest BCUT2D eigenvalue weighted by Gasteiger charge is -2.08. The van der Waals surface area contributed by atoms with E-state index in [4.69, 9.17) is 11.6 Å². The van der Waals surface area contributed by atoms with Gasteiger partial charge in [-0.15, -0.1) is 11.3 Å². The molecule has 3 rings (SSSR count). The number of anilines is 1. The Bertz CT molecular complexity index is 1030. The van der Waals surface area contributed by atoms with Crippen LogP contribution in [0.3, 0.4) is 0 Å². The minimum absolute atomic E-state index is 0.0607. The number of carbonyl (C=O) groups is 1. The van der Waals surface area contributed by atoms with Gasteiger partial charge in [-0.1, -0.05) is 23.4 Å². The highest BCUT2D eigenvalue weighted by Gasteiger charge is 2.13. The first-order valence-electron chi connectivity index (χ1n) is 7.20. The summed E-state index contributed by atoms with van der Waals surface area (Å²) >= 11 is 8.29. The van der Waals surface area contributed by atoms with E-state index in [1.54, 1.807) is 7.05 Å². The highest BCUT2D eigenvalue weighted by Crippen LogP contribution is 2.24. The first-order chi connectivity index (χ1) is 11.8. The summed E-state index contributed by atoms with van der Waals surface area (Å²) in [6.07, 6.45) is 0. The molecule has 0 atom stereocenters. The molecule has 0 unspecified atom stereocenters. The second kappa shape index (κ2) is 7.15. The molecule has 3 aromatic rings. The molecule has 0 aliphatic rings. The number of thiophene rings is 1. The lowest BCUT2D eigenvalue weighted by Crippen LogP contribution is -2.20. The van der Waals surface area contributed by atoms with Crippen LogP contribution in [-0.4, -0.2) is 21.2 Å². The summed E-state index contributed by atoms with van der Waals surface area (Å²) in [6, 6.07) is 5.77. The molecule has 2 heterocycles. The van der Waals surface area contributed by atoms with Crippen LogP contribution in [0.5, 0.6) is 0 Å². The van der Waals surface area contributed by atoms with Crippen LogP contribution in [0.15, 0.2) is 34.2 Å². The normalized spacial score (nSPS) is 11.0. The lowest BCUT2D eigenvalue weighted by molar-refractivity contribution is -0.113. The molecule has 0 fully saturated rings. The van der Waals surface area contributed by atoms with Gasteiger partial charge in [-0.05, 0) is 31.2 Å². The fraction of sp³-hybridized carbons (Fsp3) is 0.188. The highest BCUT2D eigenvalue weighted by molar-refractivity contribution is 7.99. The fourth-order valence-electron chi connectivity index (χ4n) is 2.20. The highest BCUT2D eigenvalue weighted by atomic mass is 35.5. The second-order valence-electron chi connectivity index (χ2n) is 5.30. The maximum atomic E-state index is 13.1. The number of fused-ring (bicyclic) bond motifs is 1. The van der Waals surface area contributed by atoms with Crippen LogP contribution >= 0.6 is 34.7 Å². The molecule has 0 saturated heterocycles. The number of hydrogen-bond acceptors (Lipinski definition) is 5. The van der Waals surface area contributed by atoms with Gasteiger partial charge in [0.2, 0.25) is 5.91 Å². The van der Waals surface area contributed by atoms with Gasteiger partial charge in [-0.2, -0.15) is 0 Å². The van der Waals surface area contributed by atoms with Crippen LogP contribution in [0.2, 0.25) is 5.02 Å². The van der Waals surface area contributed by atoms with Crippen LogP contribution in [0.1, 0.15) is 4.88 Å². The van der Waals surface area contributed by atoms with Crippen molar-refractivity contribution < 1.29 is 9.18 Å². The third kappa shape index (κ3) is 3.86. The number of rotatable bonds is 4. The van der Waals surface area contributed by atoms with Crippen molar-refractivity contribution in [1.29, 1.82) is 0 Å². The fourth-order valence-corrected chi connectivity index (χ4v) is 4.07. The van der Waals surface area contributed by atoms with Crippen molar-refractivity contribution in [3.05, 3.63) is 50.3 Å². The first-order valence-corrected chi connectivity index (χ1v) is 9.38. The van der Waals surface area contributed by atoms with Crippen molar-refractivity contribution in [2.24, 2.45) is 7.05 Å². The molecular weight excluding hydrogens is 385 g/mol. The average Bonchev–Trinajstić information content (AvgIpc) is 2.94. The Morgan fingerprint density at radius 3 is 2.92 bits per heavy atom. The van der Waals surface area contributed by atoms with Crippen molar-refractivity contribution in [2.75, 3.05) is 11.1 Å². The topological polar surface area (TPSA) is 64.0 Å². The SMILES string of the molecule is Cc1cc2c(=O)n(C)c(SCC(=O)Nc3ccc(F)c(Cl)c3)nc2s1. The van der Waals surface area contributed by atoms with Gasteiger partial charge in [0.25, 0.3) is 5.56 Å². The zero-order valence-corrected chi connectivity index (χ0v) is 15.7. The number of halogens is 2. The minimum Gasteiger partial charge on any atom is -0.325 e. The van der Waals surface area contributed by atoms with Crippen molar-refractivity contribution in [3.8, 4) is 0 Å². The predicted octanol–water partition coefficient (Wildman–Crippen LogP) is 3.83. The van der Waals surface area contributed by atoms with Gasteiger partial charge in [0.1, 0.15) is 10.6 Å². The van der Waals surface area contributed by atoms with Gasteiger partial charge >= 0.3 is 0 Å². The van der Waals surface area contributed by atoms with E-state index in [0.717, 1.165) is 16.6 Å². The third-order valence-corrected chi connectivity index (χ3v) is 5.65. The maximum absolute atomic E-state index is 13.1. The van der Waals surface area contributed by atoms with Gasteiger partial charge in [0, 0.05) is 17.6 Å². The molecule has 0 bridgehead atoms. The molecule has 1 amide bonds. The van der Waals surface area contributed by atoms with Crippen LogP contribution < -0.4 is 10.9 Å². The number of nitrogens with zero attached hydrogens (tertiary/aromatic N) is 2. The molecule has 0 saturated carbocycles. The van der Waals surface area contributed by atoms with Crippen molar-refractivity contribution >= 4 is 56.5 Å². The summed E-state index contributed by atoms with van der Waals surface area (Å²) in [4.78, 5) is 30.5. The third-order valence-electron chi connectivity index (χ3n) is 3.39. The quantitative estimate of drug-likeness (QED) is 0.537. The molecule has 5 nitrogen and oxygen atoms in total. The number of aromatic nitrogens is 2. The molecule has 25 heavy (non-hydrogen) atoms. The van der Waals surface area contributed by atoms with E-state index < -0.39 is 5.82 Å². The van der Waals surface area contributed by atoms with Gasteiger partial charge in [-0.3, -0.25) is 14.2 Å². The molecule has 9 heteroatoms. The number of amides is 1. The zero-order valence-electron chi connectivity index (χ0n) is 13.3. The molecule has 1 aromatic carbocycles. The van der Waals surface area contributed by atoms with Crippen LogP contribution in [0.4, 0.5) is 10.1 Å². The molecule has 130 valence electrons. The Kier molecular flexibility index (Phi) is 5.12. The summed E-state index contributed by atoms with van der Waals surface area (Å²) in [7, 11) is 1.63. The van der Waals surface area contributed by atoms with E-state index in [9.17, 15) is 14.0 Å². The molecule has 2 aromatic heterocycles. The van der Waals surface area contributed by atoms with E-state index in [2.05, 4.69) is 10.3 Å². The summed E-state index contributed by atoms with van der Waals surface area (Å²) in [5.41, 5.74) is 0.269. The Morgan fingerprint density at radius 2 is 2.20 bits per heavy atom. The number of hydrogen-bond donors (Lipinski definition) is 1. The lowest BCUT2D eigenvalue weighted by atomic mass is 10.3. The molecule has 0 aliphatic heterocycles. The molecular formula is C16H13ClFN3O2S2. The number of thioether (sulfide) groups is 1. The Labute approximate surface area is 155 Å². The minimum atomic E-state index is -0.548. The largest absolute Gasteiger partial charge is 0.325 e. The van der Waals surface area contributed by atoms with Crippen molar-refractivity contribution in [1.82, 2.24) is 9.55 Å². The Balaban J connectivity index is 1.73. The predicted molar refractivity (Wildman–Crippen MR) is 100 cm³/mol. The van der Waals surface area contributed by atoms with E-state index >= 15 is 0 Å². The maximum Gasteiger partial charge on any atom is 0.262 e. The van der Waals surface area contributed by atoms with E-state index in [0.29, 0.717) is 21.1 Å². The van der Waals surface area contributed by atoms with E-state index in [1.165, 1.54) is 34.1 Å². The van der Waals surface area contributed by atoms with Crippen LogP contribution in [0.25, 0.3) is 10.2 Å². The summed E-state index contributed by atoms with van der Waals surface area (Å²) in [5.74, 6) is -0.789. The van der Waals surface area contributed by atoms with E-state index in [-0.39, 0.29) is 22.2 Å². The molecule has 1 N–H and O–H groups in total. The van der Waals surface area contributed by atoms with Crippen molar-refractivity contribution in [2.45, 2.75) is 12.1 Å². The molecule has 0 radical (unpaired) electrons. The smallest absolute Gasteiger partial charge is 0.262 e. The van der Waals surface area contributed by atoms with Crippen LogP contribution in [0, 0.1) is 12.7 Å². The van der Waals surface area contributed by atoms with E-state index in [1.807, 2.05) is 13.0 Å². The number of carbonyl (C=O) groups excluding carboxylic acids is 1. The number of benzene rings is 1.